The molecule has 1 aromatic carbocycles. The van der Waals surface area contributed by atoms with Gasteiger partial charge in [0.1, 0.15) is 6.61 Å². The third kappa shape index (κ3) is 3.01. The van der Waals surface area contributed by atoms with E-state index >= 15 is 0 Å². The summed E-state index contributed by atoms with van der Waals surface area (Å²) in [6, 6.07) is 9.73. The Morgan fingerprint density at radius 3 is 2.61 bits per heavy atom. The number of ether oxygens (including phenoxy) is 2. The summed E-state index contributed by atoms with van der Waals surface area (Å²) in [7, 11) is 1.65. The zero-order valence-corrected chi connectivity index (χ0v) is 11.7. The molecular formula is C14H14BrNO2. The molecule has 0 unspecified atom stereocenters. The van der Waals surface area contributed by atoms with Gasteiger partial charge >= 0.3 is 0 Å². The zero-order chi connectivity index (χ0) is 12.8. The summed E-state index contributed by atoms with van der Waals surface area (Å²) in [5, 5.41) is 0.732. The van der Waals surface area contributed by atoms with Crippen molar-refractivity contribution in [2.24, 2.45) is 0 Å². The van der Waals surface area contributed by atoms with E-state index in [2.05, 4.69) is 20.9 Å². The molecule has 0 fully saturated rings. The largest absolute Gasteiger partial charge is 0.493 e. The first-order chi connectivity index (χ1) is 8.85. The standard InChI is InChI=1S/C14H14BrNO2/c1-17-13-4-2-3-12(9-15)14(13)18-10-11-5-7-16-8-6-11/h2-8H,9-10H2,1H3. The summed E-state index contributed by atoms with van der Waals surface area (Å²) < 4.78 is 11.2. The predicted octanol–water partition coefficient (Wildman–Crippen LogP) is 3.56. The highest BCUT2D eigenvalue weighted by Crippen LogP contribution is 2.32. The van der Waals surface area contributed by atoms with Crippen molar-refractivity contribution in [3.8, 4) is 11.5 Å². The molecule has 0 saturated carbocycles. The van der Waals surface area contributed by atoms with Crippen molar-refractivity contribution in [2.45, 2.75) is 11.9 Å². The maximum Gasteiger partial charge on any atom is 0.165 e. The molecule has 2 rings (SSSR count). The first kappa shape index (κ1) is 12.9. The first-order valence-corrected chi connectivity index (χ1v) is 6.71. The third-order valence-corrected chi connectivity index (χ3v) is 3.16. The lowest BCUT2D eigenvalue weighted by Crippen LogP contribution is -2.00. The Bertz CT molecular complexity index is 480. The molecule has 0 aliphatic rings. The summed E-state index contributed by atoms with van der Waals surface area (Å²) >= 11 is 3.45. The van der Waals surface area contributed by atoms with Crippen molar-refractivity contribution >= 4 is 15.9 Å². The Balaban J connectivity index is 2.17. The van der Waals surface area contributed by atoms with Crippen molar-refractivity contribution in [2.75, 3.05) is 7.11 Å². The number of para-hydroxylation sites is 1. The van der Waals surface area contributed by atoms with Crippen molar-refractivity contribution in [1.82, 2.24) is 4.98 Å². The number of hydrogen-bond donors (Lipinski definition) is 0. The van der Waals surface area contributed by atoms with E-state index in [0.717, 1.165) is 28.0 Å². The monoisotopic (exact) mass is 307 g/mol. The first-order valence-electron chi connectivity index (χ1n) is 5.58. The molecule has 0 aliphatic heterocycles. The smallest absolute Gasteiger partial charge is 0.165 e. The summed E-state index contributed by atoms with van der Waals surface area (Å²) in [6.45, 7) is 0.503. The van der Waals surface area contributed by atoms with Crippen LogP contribution in [0.3, 0.4) is 0 Å². The fourth-order valence-corrected chi connectivity index (χ4v) is 2.07. The molecule has 3 nitrogen and oxygen atoms in total. The zero-order valence-electron chi connectivity index (χ0n) is 10.1. The number of rotatable bonds is 5. The molecule has 0 atom stereocenters. The second-order valence-corrected chi connectivity index (χ2v) is 4.29. The Morgan fingerprint density at radius 2 is 1.94 bits per heavy atom. The molecule has 1 heterocycles. The van der Waals surface area contributed by atoms with E-state index in [1.165, 1.54) is 0 Å². The number of aromatic nitrogens is 1. The number of methoxy groups -OCH3 is 1. The number of pyridine rings is 1. The van der Waals surface area contributed by atoms with Crippen LogP contribution in [0.15, 0.2) is 42.7 Å². The third-order valence-electron chi connectivity index (χ3n) is 2.56. The molecule has 0 amide bonds. The normalized spacial score (nSPS) is 10.1. The lowest BCUT2D eigenvalue weighted by molar-refractivity contribution is 0.282. The quantitative estimate of drug-likeness (QED) is 0.791. The summed E-state index contributed by atoms with van der Waals surface area (Å²) in [4.78, 5) is 3.98. The number of nitrogens with zero attached hydrogens (tertiary/aromatic N) is 1. The van der Waals surface area contributed by atoms with Gasteiger partial charge in [-0.25, -0.2) is 0 Å². The fraction of sp³-hybridized carbons (Fsp3) is 0.214. The molecule has 1 aromatic heterocycles. The number of alkyl halides is 1. The minimum Gasteiger partial charge on any atom is -0.493 e. The van der Waals surface area contributed by atoms with Gasteiger partial charge in [0, 0.05) is 23.3 Å². The van der Waals surface area contributed by atoms with Gasteiger partial charge in [-0.05, 0) is 23.8 Å². The molecule has 0 bridgehead atoms. The molecule has 94 valence electrons. The van der Waals surface area contributed by atoms with E-state index in [4.69, 9.17) is 9.47 Å². The summed E-state index contributed by atoms with van der Waals surface area (Å²) in [6.07, 6.45) is 3.51. The van der Waals surface area contributed by atoms with Crippen LogP contribution < -0.4 is 9.47 Å². The molecule has 4 heteroatoms. The van der Waals surface area contributed by atoms with E-state index < -0.39 is 0 Å². The van der Waals surface area contributed by atoms with Gasteiger partial charge in [-0.1, -0.05) is 28.1 Å². The summed E-state index contributed by atoms with van der Waals surface area (Å²) in [5.74, 6) is 1.54. The van der Waals surface area contributed by atoms with Crippen molar-refractivity contribution in [3.63, 3.8) is 0 Å². The van der Waals surface area contributed by atoms with Gasteiger partial charge < -0.3 is 9.47 Å². The van der Waals surface area contributed by atoms with Crippen LogP contribution in [0.25, 0.3) is 0 Å². The maximum atomic E-state index is 5.85. The molecule has 0 saturated heterocycles. The lowest BCUT2D eigenvalue weighted by atomic mass is 10.2. The predicted molar refractivity (Wildman–Crippen MR) is 74.2 cm³/mol. The highest BCUT2D eigenvalue weighted by atomic mass is 79.9. The van der Waals surface area contributed by atoms with Crippen LogP contribution in [0.4, 0.5) is 0 Å². The van der Waals surface area contributed by atoms with Gasteiger partial charge in [0.15, 0.2) is 11.5 Å². The molecule has 0 N–H and O–H groups in total. The second-order valence-electron chi connectivity index (χ2n) is 3.73. The number of hydrogen-bond acceptors (Lipinski definition) is 3. The van der Waals surface area contributed by atoms with E-state index in [-0.39, 0.29) is 0 Å². The highest BCUT2D eigenvalue weighted by molar-refractivity contribution is 9.08. The van der Waals surface area contributed by atoms with Crippen LogP contribution in [-0.2, 0) is 11.9 Å². The van der Waals surface area contributed by atoms with Gasteiger partial charge in [-0.2, -0.15) is 0 Å². The minimum absolute atomic E-state index is 0.503. The summed E-state index contributed by atoms with van der Waals surface area (Å²) in [5.41, 5.74) is 2.15. The topological polar surface area (TPSA) is 31.4 Å². The van der Waals surface area contributed by atoms with Crippen molar-refractivity contribution < 1.29 is 9.47 Å². The molecule has 2 aromatic rings. The van der Waals surface area contributed by atoms with Crippen LogP contribution in [0.5, 0.6) is 11.5 Å². The van der Waals surface area contributed by atoms with Crippen LogP contribution in [0.1, 0.15) is 11.1 Å². The van der Waals surface area contributed by atoms with Crippen LogP contribution in [-0.4, -0.2) is 12.1 Å². The van der Waals surface area contributed by atoms with E-state index in [1.807, 2.05) is 30.3 Å². The number of halogens is 1. The van der Waals surface area contributed by atoms with Crippen molar-refractivity contribution in [3.05, 3.63) is 53.9 Å². The van der Waals surface area contributed by atoms with E-state index in [1.54, 1.807) is 19.5 Å². The SMILES string of the molecule is COc1cccc(CBr)c1OCc1ccncc1. The Morgan fingerprint density at radius 1 is 1.17 bits per heavy atom. The minimum atomic E-state index is 0.503. The van der Waals surface area contributed by atoms with Gasteiger partial charge in [-0.15, -0.1) is 0 Å². The number of benzene rings is 1. The van der Waals surface area contributed by atoms with Gasteiger partial charge in [0.25, 0.3) is 0 Å². The second kappa shape index (κ2) is 6.40. The Labute approximate surface area is 115 Å². The lowest BCUT2D eigenvalue weighted by Gasteiger charge is -2.13. The maximum absolute atomic E-state index is 5.85. The Kier molecular flexibility index (Phi) is 4.59. The fourth-order valence-electron chi connectivity index (χ4n) is 1.63. The molecule has 0 aliphatic carbocycles. The highest BCUT2D eigenvalue weighted by Gasteiger charge is 2.09. The van der Waals surface area contributed by atoms with Gasteiger partial charge in [0.05, 0.1) is 7.11 Å². The van der Waals surface area contributed by atoms with Crippen LogP contribution >= 0.6 is 15.9 Å². The average molecular weight is 308 g/mol. The van der Waals surface area contributed by atoms with Crippen molar-refractivity contribution in [1.29, 1.82) is 0 Å². The van der Waals surface area contributed by atoms with Gasteiger partial charge in [-0.3, -0.25) is 4.98 Å². The molecule has 0 spiro atoms. The van der Waals surface area contributed by atoms with Crippen LogP contribution in [0.2, 0.25) is 0 Å². The molecule has 0 radical (unpaired) electrons. The molecular weight excluding hydrogens is 294 g/mol. The molecule has 18 heavy (non-hydrogen) atoms. The van der Waals surface area contributed by atoms with Crippen LogP contribution in [0, 0.1) is 0 Å². The van der Waals surface area contributed by atoms with E-state index in [9.17, 15) is 0 Å². The van der Waals surface area contributed by atoms with Gasteiger partial charge in [0.2, 0.25) is 0 Å². The Hall–Kier alpha value is -1.55. The average Bonchev–Trinajstić information content (AvgIpc) is 2.45. The van der Waals surface area contributed by atoms with E-state index in [0.29, 0.717) is 6.61 Å².